The zero-order valence-electron chi connectivity index (χ0n) is 16.2. The van der Waals surface area contributed by atoms with Crippen LogP contribution in [0.25, 0.3) is 0 Å². The number of aromatic nitrogens is 1. The number of nitrogens with zero attached hydrogens (tertiary/aromatic N) is 1. The largest absolute Gasteiger partial charge is 0.481 e. The molecule has 2 heterocycles. The van der Waals surface area contributed by atoms with Crippen molar-refractivity contribution in [2.24, 2.45) is 0 Å². The van der Waals surface area contributed by atoms with Gasteiger partial charge in [0.2, 0.25) is 9.84 Å². The molecule has 2 aromatic carbocycles. The minimum absolute atomic E-state index is 0.0315. The fourth-order valence-electron chi connectivity index (χ4n) is 3.03. The van der Waals surface area contributed by atoms with Crippen molar-refractivity contribution in [3.8, 4) is 0 Å². The number of amides is 2. The van der Waals surface area contributed by atoms with E-state index >= 15 is 0 Å². The first-order valence-corrected chi connectivity index (χ1v) is 12.4. The second kappa shape index (κ2) is 8.73. The highest BCUT2D eigenvalue weighted by atomic mass is 32.2. The number of hydrogen-bond acceptors (Lipinski definition) is 8. The maximum atomic E-state index is 13.0. The van der Waals surface area contributed by atoms with Gasteiger partial charge in [0.25, 0.3) is 11.8 Å². The second-order valence-electron chi connectivity index (χ2n) is 6.62. The lowest BCUT2D eigenvalue weighted by Gasteiger charge is -2.10. The van der Waals surface area contributed by atoms with Gasteiger partial charge >= 0.3 is 5.97 Å². The molecular formula is C20H15N3O6S3. The number of anilines is 1. The van der Waals surface area contributed by atoms with Crippen LogP contribution in [-0.4, -0.2) is 42.0 Å². The van der Waals surface area contributed by atoms with Crippen LogP contribution in [0.5, 0.6) is 0 Å². The number of carboxylic acid groups (broad SMARTS) is 1. The molecule has 0 unspecified atom stereocenters. The lowest BCUT2D eigenvalue weighted by Crippen LogP contribution is -2.22. The minimum atomic E-state index is -3.94. The molecular weight excluding hydrogens is 474 g/mol. The first-order valence-electron chi connectivity index (χ1n) is 9.13. The third-order valence-electron chi connectivity index (χ3n) is 4.48. The van der Waals surface area contributed by atoms with Crippen molar-refractivity contribution < 1.29 is 27.9 Å². The van der Waals surface area contributed by atoms with Crippen molar-refractivity contribution in [2.45, 2.75) is 20.7 Å². The molecule has 2 amide bonds. The van der Waals surface area contributed by atoms with Crippen LogP contribution in [0.2, 0.25) is 0 Å². The van der Waals surface area contributed by atoms with E-state index in [1.807, 2.05) is 0 Å². The third-order valence-corrected chi connectivity index (χ3v) is 8.48. The summed E-state index contributed by atoms with van der Waals surface area (Å²) < 4.78 is 26.6. The molecule has 0 saturated carbocycles. The van der Waals surface area contributed by atoms with Gasteiger partial charge in [0.1, 0.15) is 0 Å². The van der Waals surface area contributed by atoms with E-state index in [-0.39, 0.29) is 38.9 Å². The number of carbonyl (C=O) groups is 3. The molecule has 1 aliphatic heterocycles. The van der Waals surface area contributed by atoms with Crippen molar-refractivity contribution in [3.05, 3.63) is 64.7 Å². The number of thiazole rings is 1. The van der Waals surface area contributed by atoms with E-state index in [1.54, 1.807) is 18.3 Å². The Balaban J connectivity index is 1.52. The number of rotatable bonds is 6. The number of aliphatic carboxylic acids is 1. The number of thioether (sulfide) groups is 1. The van der Waals surface area contributed by atoms with Crippen LogP contribution < -0.4 is 10.6 Å². The number of carbonyl (C=O) groups excluding carboxylic acids is 2. The number of benzene rings is 2. The number of hydrogen-bond donors (Lipinski definition) is 3. The predicted octanol–water partition coefficient (Wildman–Crippen LogP) is 2.65. The van der Waals surface area contributed by atoms with Crippen molar-refractivity contribution >= 4 is 56.4 Å². The van der Waals surface area contributed by atoms with Gasteiger partial charge in [-0.25, -0.2) is 13.4 Å². The summed E-state index contributed by atoms with van der Waals surface area (Å²) in [5.41, 5.74) is 0.246. The van der Waals surface area contributed by atoms with Crippen LogP contribution in [0, 0.1) is 0 Å². The lowest BCUT2D eigenvalue weighted by molar-refractivity contribution is -0.133. The Morgan fingerprint density at radius 1 is 1.16 bits per heavy atom. The SMILES string of the molecule is O=C(O)CSc1ncc(CNC(=O)c2ccc3c(c2)NC(=O)c2ccccc2S3(=O)=O)s1. The van der Waals surface area contributed by atoms with Crippen LogP contribution in [0.4, 0.5) is 5.69 Å². The Bertz CT molecular complexity index is 1350. The van der Waals surface area contributed by atoms with E-state index in [1.165, 1.54) is 41.7 Å². The normalized spacial score (nSPS) is 13.9. The van der Waals surface area contributed by atoms with Crippen LogP contribution in [-0.2, 0) is 21.2 Å². The summed E-state index contributed by atoms with van der Waals surface area (Å²) in [6.45, 7) is 0.164. The molecule has 3 aromatic rings. The van der Waals surface area contributed by atoms with Crippen molar-refractivity contribution in [3.63, 3.8) is 0 Å². The molecule has 0 saturated heterocycles. The molecule has 1 aromatic heterocycles. The molecule has 0 bridgehead atoms. The smallest absolute Gasteiger partial charge is 0.313 e. The molecule has 32 heavy (non-hydrogen) atoms. The Hall–Kier alpha value is -3.22. The molecule has 0 spiro atoms. The van der Waals surface area contributed by atoms with Crippen LogP contribution in [0.3, 0.4) is 0 Å². The summed E-state index contributed by atoms with van der Waals surface area (Å²) in [5, 5.41) is 14.0. The van der Waals surface area contributed by atoms with Crippen molar-refractivity contribution in [1.82, 2.24) is 10.3 Å². The number of carboxylic acids is 1. The average Bonchev–Trinajstić information content (AvgIpc) is 3.20. The van der Waals surface area contributed by atoms with Crippen LogP contribution in [0.1, 0.15) is 25.6 Å². The van der Waals surface area contributed by atoms with E-state index in [0.717, 1.165) is 16.6 Å². The van der Waals surface area contributed by atoms with Gasteiger partial charge in [-0.05, 0) is 30.3 Å². The van der Waals surface area contributed by atoms with Gasteiger partial charge in [0.15, 0.2) is 4.34 Å². The molecule has 0 atom stereocenters. The molecule has 1 aliphatic rings. The van der Waals surface area contributed by atoms with E-state index in [4.69, 9.17) is 5.11 Å². The maximum Gasteiger partial charge on any atom is 0.313 e. The Kier molecular flexibility index (Phi) is 6.00. The minimum Gasteiger partial charge on any atom is -0.481 e. The van der Waals surface area contributed by atoms with Gasteiger partial charge in [0, 0.05) is 16.6 Å². The predicted molar refractivity (Wildman–Crippen MR) is 118 cm³/mol. The molecule has 0 aliphatic carbocycles. The molecule has 164 valence electrons. The molecule has 4 rings (SSSR count). The van der Waals surface area contributed by atoms with Gasteiger partial charge in [-0.15, -0.1) is 11.3 Å². The Labute approximate surface area is 190 Å². The summed E-state index contributed by atoms with van der Waals surface area (Å²) in [7, 11) is -3.94. The van der Waals surface area contributed by atoms with E-state index in [0.29, 0.717) is 4.34 Å². The fourth-order valence-corrected chi connectivity index (χ4v) is 6.31. The van der Waals surface area contributed by atoms with Gasteiger partial charge in [-0.2, -0.15) is 0 Å². The third kappa shape index (κ3) is 4.38. The summed E-state index contributed by atoms with van der Waals surface area (Å²) in [4.78, 5) is 40.4. The number of fused-ring (bicyclic) bond motifs is 2. The van der Waals surface area contributed by atoms with Crippen molar-refractivity contribution in [1.29, 1.82) is 0 Å². The monoisotopic (exact) mass is 489 g/mol. The zero-order chi connectivity index (χ0) is 22.9. The average molecular weight is 490 g/mol. The number of sulfone groups is 1. The molecule has 3 N–H and O–H groups in total. The maximum absolute atomic E-state index is 13.0. The van der Waals surface area contributed by atoms with Gasteiger partial charge in [-0.1, -0.05) is 23.9 Å². The molecule has 12 heteroatoms. The quantitative estimate of drug-likeness (QED) is 0.449. The molecule has 0 radical (unpaired) electrons. The summed E-state index contributed by atoms with van der Waals surface area (Å²) >= 11 is 2.36. The lowest BCUT2D eigenvalue weighted by atomic mass is 10.1. The Morgan fingerprint density at radius 2 is 1.94 bits per heavy atom. The van der Waals surface area contributed by atoms with Gasteiger partial charge in [-0.3, -0.25) is 14.4 Å². The van der Waals surface area contributed by atoms with Crippen LogP contribution >= 0.6 is 23.1 Å². The van der Waals surface area contributed by atoms with Crippen LogP contribution in [0.15, 0.2) is 62.8 Å². The zero-order valence-corrected chi connectivity index (χ0v) is 18.6. The Morgan fingerprint density at radius 3 is 2.72 bits per heavy atom. The standard InChI is InChI=1S/C20H15N3O6S3/c24-17(25)10-30-20-22-9-12(31-20)8-21-18(26)11-5-6-16-14(7-11)23-19(27)13-3-1-2-4-15(13)32(16,28)29/h1-7,9H,8,10H2,(H,21,26)(H,23,27)(H,24,25). The summed E-state index contributed by atoms with van der Waals surface area (Å²) in [5.74, 6) is -2.08. The van der Waals surface area contributed by atoms with E-state index in [2.05, 4.69) is 15.6 Å². The highest BCUT2D eigenvalue weighted by Gasteiger charge is 2.31. The summed E-state index contributed by atoms with van der Waals surface area (Å²) in [6, 6.07) is 9.93. The molecule has 9 nitrogen and oxygen atoms in total. The van der Waals surface area contributed by atoms with Gasteiger partial charge < -0.3 is 15.7 Å². The molecule has 0 fully saturated rings. The highest BCUT2D eigenvalue weighted by Crippen LogP contribution is 2.34. The second-order valence-corrected chi connectivity index (χ2v) is 10.8. The van der Waals surface area contributed by atoms with E-state index < -0.39 is 27.6 Å². The van der Waals surface area contributed by atoms with E-state index in [9.17, 15) is 22.8 Å². The van der Waals surface area contributed by atoms with Crippen molar-refractivity contribution in [2.75, 3.05) is 11.1 Å². The fraction of sp³-hybridized carbons (Fsp3) is 0.100. The first kappa shape index (κ1) is 22.0. The number of nitrogens with one attached hydrogen (secondary N) is 2. The summed E-state index contributed by atoms with van der Waals surface area (Å²) in [6.07, 6.45) is 1.55. The van der Waals surface area contributed by atoms with Gasteiger partial charge in [0.05, 0.1) is 33.3 Å². The highest BCUT2D eigenvalue weighted by molar-refractivity contribution is 8.01. The first-order chi connectivity index (χ1) is 15.3. The topological polar surface area (TPSA) is 143 Å².